The molecule has 0 spiro atoms. The molecule has 2 aromatic carbocycles. The van der Waals surface area contributed by atoms with E-state index in [9.17, 15) is 9.90 Å². The van der Waals surface area contributed by atoms with Gasteiger partial charge in [-0.2, -0.15) is 0 Å². The SMILES string of the molecule is CCCCOc1cc(O)c2c(=O)c(OCCC)c(-c3ccc(OCCCC)c(OCCCC)c3)oc2c1. The summed E-state index contributed by atoms with van der Waals surface area (Å²) in [6.45, 7) is 10.2. The molecule has 1 heterocycles. The summed E-state index contributed by atoms with van der Waals surface area (Å²) in [5.41, 5.74) is 0.419. The Morgan fingerprint density at radius 3 is 2.03 bits per heavy atom. The highest BCUT2D eigenvalue weighted by molar-refractivity contribution is 5.88. The van der Waals surface area contributed by atoms with Crippen molar-refractivity contribution in [1.29, 1.82) is 0 Å². The summed E-state index contributed by atoms with van der Waals surface area (Å²) in [7, 11) is 0. The molecule has 0 fully saturated rings. The fourth-order valence-corrected chi connectivity index (χ4v) is 3.74. The molecule has 0 bridgehead atoms. The number of fused-ring (bicyclic) bond motifs is 1. The van der Waals surface area contributed by atoms with Crippen LogP contribution >= 0.6 is 0 Å². The Hall–Kier alpha value is -3.35. The van der Waals surface area contributed by atoms with Gasteiger partial charge in [0, 0.05) is 17.7 Å². The lowest BCUT2D eigenvalue weighted by Gasteiger charge is -2.16. The van der Waals surface area contributed by atoms with E-state index in [1.54, 1.807) is 6.07 Å². The molecule has 202 valence electrons. The van der Waals surface area contributed by atoms with Crippen LogP contribution in [-0.2, 0) is 0 Å². The van der Waals surface area contributed by atoms with Gasteiger partial charge in [0.25, 0.3) is 0 Å². The third kappa shape index (κ3) is 7.34. The number of hydrogen-bond acceptors (Lipinski definition) is 7. The van der Waals surface area contributed by atoms with Crippen LogP contribution in [0.3, 0.4) is 0 Å². The third-order valence-corrected chi connectivity index (χ3v) is 5.84. The minimum atomic E-state index is -0.431. The first-order valence-corrected chi connectivity index (χ1v) is 13.5. The predicted molar refractivity (Wildman–Crippen MR) is 147 cm³/mol. The molecule has 3 rings (SSSR count). The Labute approximate surface area is 219 Å². The lowest BCUT2D eigenvalue weighted by Crippen LogP contribution is -2.11. The van der Waals surface area contributed by atoms with E-state index in [4.69, 9.17) is 23.4 Å². The van der Waals surface area contributed by atoms with Crippen molar-refractivity contribution in [3.63, 3.8) is 0 Å². The standard InChI is InChI=1S/C30H40O7/c1-5-9-15-33-22-19-23(31)27-26(20-22)37-29(30(28(27)32)36-14-8-4)21-12-13-24(34-16-10-6-2)25(18-21)35-17-11-7-3/h12-13,18-20,31H,5-11,14-17H2,1-4H3. The summed E-state index contributed by atoms with van der Waals surface area (Å²) in [5, 5.41) is 10.7. The van der Waals surface area contributed by atoms with E-state index in [1.165, 1.54) is 6.07 Å². The molecular formula is C30H40O7. The summed E-state index contributed by atoms with van der Waals surface area (Å²) in [5.74, 6) is 1.81. The van der Waals surface area contributed by atoms with Gasteiger partial charge in [0.15, 0.2) is 17.3 Å². The van der Waals surface area contributed by atoms with E-state index < -0.39 is 5.43 Å². The summed E-state index contributed by atoms with van der Waals surface area (Å²) >= 11 is 0. The molecule has 7 nitrogen and oxygen atoms in total. The smallest absolute Gasteiger partial charge is 0.239 e. The largest absolute Gasteiger partial charge is 0.507 e. The van der Waals surface area contributed by atoms with Crippen molar-refractivity contribution in [1.82, 2.24) is 0 Å². The van der Waals surface area contributed by atoms with Crippen LogP contribution in [-0.4, -0.2) is 31.5 Å². The molecule has 1 N–H and O–H groups in total. The highest BCUT2D eigenvalue weighted by atomic mass is 16.5. The maximum absolute atomic E-state index is 13.5. The number of ether oxygens (including phenoxy) is 4. The van der Waals surface area contributed by atoms with Crippen LogP contribution in [0, 0.1) is 0 Å². The van der Waals surface area contributed by atoms with Crippen molar-refractivity contribution in [2.75, 3.05) is 26.4 Å². The van der Waals surface area contributed by atoms with E-state index in [2.05, 4.69) is 20.8 Å². The quantitative estimate of drug-likeness (QED) is 0.199. The van der Waals surface area contributed by atoms with Crippen molar-refractivity contribution in [2.45, 2.75) is 72.6 Å². The van der Waals surface area contributed by atoms with Gasteiger partial charge in [0.05, 0.1) is 26.4 Å². The molecule has 0 saturated heterocycles. The summed E-state index contributed by atoms with van der Waals surface area (Å²) in [6, 6.07) is 8.57. The maximum Gasteiger partial charge on any atom is 0.239 e. The second-order valence-electron chi connectivity index (χ2n) is 9.02. The fraction of sp³-hybridized carbons (Fsp3) is 0.500. The molecular weight excluding hydrogens is 472 g/mol. The van der Waals surface area contributed by atoms with E-state index in [1.807, 2.05) is 25.1 Å². The summed E-state index contributed by atoms with van der Waals surface area (Å²) in [6.07, 6.45) is 6.46. The van der Waals surface area contributed by atoms with Crippen molar-refractivity contribution in [3.8, 4) is 40.1 Å². The maximum atomic E-state index is 13.5. The number of unbranched alkanes of at least 4 members (excludes halogenated alkanes) is 3. The highest BCUT2D eigenvalue weighted by Gasteiger charge is 2.22. The number of hydrogen-bond donors (Lipinski definition) is 1. The Balaban J connectivity index is 2.12. The van der Waals surface area contributed by atoms with Gasteiger partial charge in [-0.1, -0.05) is 47.0 Å². The molecule has 1 aromatic heterocycles. The zero-order chi connectivity index (χ0) is 26.6. The molecule has 3 aromatic rings. The van der Waals surface area contributed by atoms with Gasteiger partial charge in [-0.05, 0) is 43.9 Å². The molecule has 7 heteroatoms. The monoisotopic (exact) mass is 512 g/mol. The molecule has 0 unspecified atom stereocenters. The number of phenols is 1. The zero-order valence-corrected chi connectivity index (χ0v) is 22.6. The molecule has 0 aliphatic heterocycles. The van der Waals surface area contributed by atoms with E-state index >= 15 is 0 Å². The number of phenolic OH excluding ortho intramolecular Hbond substituents is 1. The van der Waals surface area contributed by atoms with Crippen molar-refractivity contribution < 1.29 is 28.5 Å². The van der Waals surface area contributed by atoms with Crippen LogP contribution in [0.4, 0.5) is 0 Å². The molecule has 0 atom stereocenters. The van der Waals surface area contributed by atoms with Crippen LogP contribution < -0.4 is 24.4 Å². The van der Waals surface area contributed by atoms with Crippen molar-refractivity contribution in [2.24, 2.45) is 0 Å². The predicted octanol–water partition coefficient (Wildman–Crippen LogP) is 7.49. The number of benzene rings is 2. The number of rotatable bonds is 16. The first kappa shape index (κ1) is 28.2. The third-order valence-electron chi connectivity index (χ3n) is 5.84. The topological polar surface area (TPSA) is 87.4 Å². The highest BCUT2D eigenvalue weighted by Crippen LogP contribution is 2.39. The average Bonchev–Trinajstić information content (AvgIpc) is 2.89. The van der Waals surface area contributed by atoms with Crippen LogP contribution in [0.2, 0.25) is 0 Å². The minimum Gasteiger partial charge on any atom is -0.507 e. The average molecular weight is 513 g/mol. The summed E-state index contributed by atoms with van der Waals surface area (Å²) < 4.78 is 29.9. The molecule has 37 heavy (non-hydrogen) atoms. The van der Waals surface area contributed by atoms with Crippen molar-refractivity contribution >= 4 is 11.0 Å². The first-order chi connectivity index (χ1) is 18.0. The van der Waals surface area contributed by atoms with Crippen LogP contribution in [0.15, 0.2) is 39.5 Å². The fourth-order valence-electron chi connectivity index (χ4n) is 3.74. The van der Waals surface area contributed by atoms with Crippen molar-refractivity contribution in [3.05, 3.63) is 40.6 Å². The first-order valence-electron chi connectivity index (χ1n) is 13.5. The molecule has 0 amide bonds. The molecule has 0 radical (unpaired) electrons. The Morgan fingerprint density at radius 1 is 0.730 bits per heavy atom. The van der Waals surface area contributed by atoms with Gasteiger partial charge in [-0.25, -0.2) is 0 Å². The van der Waals surface area contributed by atoms with Crippen LogP contribution in [0.5, 0.6) is 28.7 Å². The Bertz CT molecular complexity index is 1200. The van der Waals surface area contributed by atoms with Gasteiger partial charge < -0.3 is 28.5 Å². The molecule has 0 aliphatic rings. The van der Waals surface area contributed by atoms with E-state index in [0.29, 0.717) is 55.7 Å². The molecule has 0 saturated carbocycles. The van der Waals surface area contributed by atoms with Crippen LogP contribution in [0.1, 0.15) is 72.6 Å². The second-order valence-corrected chi connectivity index (χ2v) is 9.02. The summed E-state index contributed by atoms with van der Waals surface area (Å²) in [4.78, 5) is 13.5. The minimum absolute atomic E-state index is 0.0588. The number of aromatic hydroxyl groups is 1. The van der Waals surface area contributed by atoms with E-state index in [-0.39, 0.29) is 28.2 Å². The van der Waals surface area contributed by atoms with Gasteiger partial charge >= 0.3 is 0 Å². The second kappa shape index (κ2) is 14.4. The van der Waals surface area contributed by atoms with Crippen LogP contribution in [0.25, 0.3) is 22.3 Å². The van der Waals surface area contributed by atoms with Gasteiger partial charge in [0.1, 0.15) is 22.5 Å². The normalized spacial score (nSPS) is 11.0. The van der Waals surface area contributed by atoms with Gasteiger partial charge in [-0.15, -0.1) is 0 Å². The molecule has 0 aliphatic carbocycles. The Morgan fingerprint density at radius 2 is 1.38 bits per heavy atom. The Kier molecular flexibility index (Phi) is 11.0. The van der Waals surface area contributed by atoms with E-state index in [0.717, 1.165) is 38.5 Å². The lowest BCUT2D eigenvalue weighted by molar-refractivity contribution is 0.262. The van der Waals surface area contributed by atoms with Gasteiger partial charge in [0.2, 0.25) is 11.2 Å². The zero-order valence-electron chi connectivity index (χ0n) is 22.6. The lowest BCUT2D eigenvalue weighted by atomic mass is 10.1. The van der Waals surface area contributed by atoms with Gasteiger partial charge in [-0.3, -0.25) is 4.79 Å².